The molecule has 3 N–H and O–H groups in total. The second-order valence-electron chi connectivity index (χ2n) is 11.6. The fourth-order valence-electron chi connectivity index (χ4n) is 3.96. The standard InChI is InChI=1S/C32H38FN3O4/c1-20(29(38)39-31(2,3)4)26-13-8-9-14-27(26)36-28(37)23-12-10-11-22(17-23)24-15-21(16-25(33)18-24)19-35-30(34)40-32(5,6)7/h8-18,20H,19H2,1-7H3,(H2,34,35)(H,36,37). The van der Waals surface area contributed by atoms with Gasteiger partial charge in [-0.15, -0.1) is 0 Å². The monoisotopic (exact) mass is 547 g/mol. The molecule has 1 unspecified atom stereocenters. The van der Waals surface area contributed by atoms with Crippen molar-refractivity contribution < 1.29 is 23.5 Å². The molecule has 0 aliphatic heterocycles. The number of amides is 1. The first-order valence-corrected chi connectivity index (χ1v) is 13.1. The topological polar surface area (TPSA) is 103 Å². The second kappa shape index (κ2) is 12.3. The zero-order chi connectivity index (χ0) is 29.7. The molecule has 3 rings (SSSR count). The molecule has 0 spiro atoms. The van der Waals surface area contributed by atoms with E-state index in [1.807, 2.05) is 41.5 Å². The molecular formula is C32H38FN3O4. The zero-order valence-corrected chi connectivity index (χ0v) is 24.2. The van der Waals surface area contributed by atoms with Crippen molar-refractivity contribution in [2.24, 2.45) is 10.7 Å². The molecule has 212 valence electrons. The number of nitrogens with two attached hydrogens (primary N) is 1. The van der Waals surface area contributed by atoms with E-state index in [2.05, 4.69) is 10.3 Å². The van der Waals surface area contributed by atoms with Crippen LogP contribution in [0.1, 0.15) is 75.9 Å². The summed E-state index contributed by atoms with van der Waals surface area (Å²) in [4.78, 5) is 30.1. The lowest BCUT2D eigenvalue weighted by Gasteiger charge is -2.23. The van der Waals surface area contributed by atoms with Crippen molar-refractivity contribution >= 4 is 23.6 Å². The highest BCUT2D eigenvalue weighted by molar-refractivity contribution is 6.05. The molecule has 0 saturated heterocycles. The van der Waals surface area contributed by atoms with Gasteiger partial charge in [0.25, 0.3) is 11.9 Å². The lowest BCUT2D eigenvalue weighted by molar-refractivity contribution is -0.156. The number of nitrogens with zero attached hydrogens (tertiary/aromatic N) is 1. The maximum Gasteiger partial charge on any atom is 0.313 e. The Morgan fingerprint density at radius 2 is 1.57 bits per heavy atom. The smallest absolute Gasteiger partial charge is 0.313 e. The van der Waals surface area contributed by atoms with Gasteiger partial charge in [-0.05, 0) is 107 Å². The van der Waals surface area contributed by atoms with Gasteiger partial charge in [0.05, 0.1) is 12.5 Å². The maximum atomic E-state index is 14.5. The third-order valence-corrected chi connectivity index (χ3v) is 5.68. The van der Waals surface area contributed by atoms with Crippen LogP contribution in [0.15, 0.2) is 71.7 Å². The number of benzene rings is 3. The van der Waals surface area contributed by atoms with Crippen molar-refractivity contribution in [2.45, 2.75) is 72.1 Å². The van der Waals surface area contributed by atoms with E-state index in [4.69, 9.17) is 15.2 Å². The lowest BCUT2D eigenvalue weighted by atomic mass is 9.98. The molecule has 0 bridgehead atoms. The van der Waals surface area contributed by atoms with Crippen LogP contribution in [0.5, 0.6) is 0 Å². The highest BCUT2D eigenvalue weighted by Crippen LogP contribution is 2.28. The number of para-hydroxylation sites is 1. The predicted octanol–water partition coefficient (Wildman–Crippen LogP) is 6.82. The quantitative estimate of drug-likeness (QED) is 0.192. The first kappa shape index (κ1) is 30.3. The van der Waals surface area contributed by atoms with Crippen molar-refractivity contribution in [3.8, 4) is 11.1 Å². The van der Waals surface area contributed by atoms with Gasteiger partial charge in [0.15, 0.2) is 0 Å². The van der Waals surface area contributed by atoms with Crippen LogP contribution in [0.3, 0.4) is 0 Å². The maximum absolute atomic E-state index is 14.5. The third kappa shape index (κ3) is 8.93. The molecule has 0 aliphatic rings. The SMILES string of the molecule is CC(C(=O)OC(C)(C)C)c1ccccc1NC(=O)c1cccc(-c2cc(F)cc(CN=C(N)OC(C)(C)C)c2)c1. The number of rotatable bonds is 7. The summed E-state index contributed by atoms with van der Waals surface area (Å²) in [7, 11) is 0. The van der Waals surface area contributed by atoms with E-state index in [-0.39, 0.29) is 24.4 Å². The van der Waals surface area contributed by atoms with Gasteiger partial charge in [-0.1, -0.05) is 30.3 Å². The predicted molar refractivity (Wildman–Crippen MR) is 157 cm³/mol. The molecule has 1 atom stereocenters. The van der Waals surface area contributed by atoms with E-state index in [1.54, 1.807) is 61.5 Å². The number of hydrogen-bond acceptors (Lipinski definition) is 5. The number of amidine groups is 1. The van der Waals surface area contributed by atoms with E-state index >= 15 is 0 Å². The first-order chi connectivity index (χ1) is 18.6. The molecule has 8 heteroatoms. The summed E-state index contributed by atoms with van der Waals surface area (Å²) in [6.07, 6.45) is 0. The Balaban J connectivity index is 1.82. The van der Waals surface area contributed by atoms with Crippen molar-refractivity contribution in [3.63, 3.8) is 0 Å². The van der Waals surface area contributed by atoms with Crippen molar-refractivity contribution in [2.75, 3.05) is 5.32 Å². The van der Waals surface area contributed by atoms with Gasteiger partial charge in [-0.25, -0.2) is 9.38 Å². The molecular weight excluding hydrogens is 509 g/mol. The fourth-order valence-corrected chi connectivity index (χ4v) is 3.96. The minimum Gasteiger partial charge on any atom is -0.460 e. The van der Waals surface area contributed by atoms with Crippen LogP contribution in [0.25, 0.3) is 11.1 Å². The van der Waals surface area contributed by atoms with Crippen LogP contribution in [0, 0.1) is 5.82 Å². The first-order valence-electron chi connectivity index (χ1n) is 13.1. The Hall–Kier alpha value is -4.20. The second-order valence-corrected chi connectivity index (χ2v) is 11.6. The van der Waals surface area contributed by atoms with Gasteiger partial charge in [-0.3, -0.25) is 9.59 Å². The van der Waals surface area contributed by atoms with Crippen LogP contribution < -0.4 is 11.1 Å². The minimum absolute atomic E-state index is 0.0262. The number of nitrogens with one attached hydrogen (secondary N) is 1. The van der Waals surface area contributed by atoms with E-state index < -0.39 is 22.9 Å². The largest absolute Gasteiger partial charge is 0.460 e. The summed E-state index contributed by atoms with van der Waals surface area (Å²) in [5, 5.41) is 2.91. The Morgan fingerprint density at radius 1 is 0.900 bits per heavy atom. The van der Waals surface area contributed by atoms with E-state index in [1.165, 1.54) is 12.1 Å². The molecule has 1 amide bonds. The molecule has 0 aromatic heterocycles. The number of hydrogen-bond donors (Lipinski definition) is 2. The van der Waals surface area contributed by atoms with Gasteiger partial charge in [-0.2, -0.15) is 0 Å². The average Bonchev–Trinajstić information content (AvgIpc) is 2.85. The van der Waals surface area contributed by atoms with Crippen molar-refractivity contribution in [3.05, 3.63) is 89.2 Å². The van der Waals surface area contributed by atoms with Gasteiger partial charge in [0, 0.05) is 11.3 Å². The summed E-state index contributed by atoms with van der Waals surface area (Å²) in [6.45, 7) is 12.9. The number of halogens is 1. The van der Waals surface area contributed by atoms with Crippen molar-refractivity contribution in [1.82, 2.24) is 0 Å². The number of ether oxygens (including phenoxy) is 2. The summed E-state index contributed by atoms with van der Waals surface area (Å²) >= 11 is 0. The van der Waals surface area contributed by atoms with Crippen LogP contribution in [-0.4, -0.2) is 29.1 Å². The van der Waals surface area contributed by atoms with Crippen LogP contribution in [0.2, 0.25) is 0 Å². The van der Waals surface area contributed by atoms with Gasteiger partial charge >= 0.3 is 5.97 Å². The summed E-state index contributed by atoms with van der Waals surface area (Å²) < 4.78 is 25.6. The fraction of sp³-hybridized carbons (Fsp3) is 0.344. The van der Waals surface area contributed by atoms with Gasteiger partial charge in [0.1, 0.15) is 17.0 Å². The molecule has 0 radical (unpaired) electrons. The third-order valence-electron chi connectivity index (χ3n) is 5.68. The van der Waals surface area contributed by atoms with E-state index in [0.29, 0.717) is 33.5 Å². The molecule has 3 aromatic carbocycles. The Bertz CT molecular complexity index is 1400. The van der Waals surface area contributed by atoms with Gasteiger partial charge in [0.2, 0.25) is 0 Å². The van der Waals surface area contributed by atoms with Crippen molar-refractivity contribution in [1.29, 1.82) is 0 Å². The molecule has 0 aliphatic carbocycles. The normalized spacial score (nSPS) is 12.9. The minimum atomic E-state index is -0.625. The number of aliphatic imine (C=N–C) groups is 1. The number of esters is 1. The van der Waals surface area contributed by atoms with Crippen LogP contribution >= 0.6 is 0 Å². The molecule has 7 nitrogen and oxygen atoms in total. The van der Waals surface area contributed by atoms with Crippen LogP contribution in [-0.2, 0) is 20.8 Å². The molecule has 0 saturated carbocycles. The number of carbonyl (C=O) groups is 2. The molecule has 0 fully saturated rings. The number of carbonyl (C=O) groups excluding carboxylic acids is 2. The highest BCUT2D eigenvalue weighted by Gasteiger charge is 2.25. The summed E-state index contributed by atoms with van der Waals surface area (Å²) in [5.74, 6) is -1.76. The van der Waals surface area contributed by atoms with E-state index in [9.17, 15) is 14.0 Å². The van der Waals surface area contributed by atoms with Crippen LogP contribution in [0.4, 0.5) is 10.1 Å². The average molecular weight is 548 g/mol. The van der Waals surface area contributed by atoms with Gasteiger partial charge < -0.3 is 20.5 Å². The molecule has 40 heavy (non-hydrogen) atoms. The highest BCUT2D eigenvalue weighted by atomic mass is 19.1. The lowest BCUT2D eigenvalue weighted by Crippen LogP contribution is -2.29. The molecule has 0 heterocycles. The summed E-state index contributed by atoms with van der Waals surface area (Å²) in [5.41, 5.74) is 8.12. The Morgan fingerprint density at radius 3 is 2.25 bits per heavy atom. The molecule has 3 aromatic rings. The summed E-state index contributed by atoms with van der Waals surface area (Å²) in [6, 6.07) is 18.6. The Labute approximate surface area is 235 Å². The number of anilines is 1. The zero-order valence-electron chi connectivity index (χ0n) is 24.2. The Kier molecular flexibility index (Phi) is 9.35. The van der Waals surface area contributed by atoms with E-state index in [0.717, 1.165) is 0 Å².